The van der Waals surface area contributed by atoms with Gasteiger partial charge in [0.1, 0.15) is 18.2 Å². The normalized spacial score (nSPS) is 19.3. The van der Waals surface area contributed by atoms with Crippen molar-refractivity contribution in [2.75, 3.05) is 11.9 Å². The molecule has 0 radical (unpaired) electrons. The van der Waals surface area contributed by atoms with E-state index in [0.29, 0.717) is 18.9 Å². The van der Waals surface area contributed by atoms with Crippen molar-refractivity contribution in [1.29, 1.82) is 0 Å². The molecule has 1 aliphatic rings. The van der Waals surface area contributed by atoms with Crippen LogP contribution in [0.5, 0.6) is 5.75 Å². The molecule has 0 aliphatic heterocycles. The van der Waals surface area contributed by atoms with Crippen LogP contribution >= 0.6 is 0 Å². The van der Waals surface area contributed by atoms with Gasteiger partial charge in [-0.1, -0.05) is 18.6 Å². The lowest BCUT2D eigenvalue weighted by Gasteiger charge is -2.18. The molecular formula is C21H25FN2O2. The smallest absolute Gasteiger partial charge is 0.227 e. The molecule has 2 aromatic carbocycles. The van der Waals surface area contributed by atoms with Gasteiger partial charge < -0.3 is 15.8 Å². The number of halogens is 1. The summed E-state index contributed by atoms with van der Waals surface area (Å²) in [5.74, 6) is 0.746. The van der Waals surface area contributed by atoms with Gasteiger partial charge >= 0.3 is 0 Å². The van der Waals surface area contributed by atoms with Crippen LogP contribution in [0.2, 0.25) is 0 Å². The molecule has 1 aliphatic carbocycles. The number of rotatable bonds is 6. The maximum atomic E-state index is 13.2. The first-order valence-corrected chi connectivity index (χ1v) is 9.05. The lowest BCUT2D eigenvalue weighted by molar-refractivity contribution is -0.120. The molecule has 2 atom stereocenters. The molecule has 1 saturated carbocycles. The highest BCUT2D eigenvalue weighted by atomic mass is 19.1. The van der Waals surface area contributed by atoms with E-state index in [0.717, 1.165) is 36.1 Å². The van der Waals surface area contributed by atoms with Crippen molar-refractivity contribution in [2.24, 2.45) is 17.6 Å². The molecule has 0 saturated heterocycles. The van der Waals surface area contributed by atoms with Crippen molar-refractivity contribution in [1.82, 2.24) is 0 Å². The van der Waals surface area contributed by atoms with Crippen molar-refractivity contribution in [3.63, 3.8) is 0 Å². The lowest BCUT2D eigenvalue weighted by Crippen LogP contribution is -2.29. The van der Waals surface area contributed by atoms with Gasteiger partial charge in [-0.15, -0.1) is 0 Å². The van der Waals surface area contributed by atoms with Crippen LogP contribution in [0.3, 0.4) is 0 Å². The van der Waals surface area contributed by atoms with Crippen LogP contribution in [0, 0.1) is 24.6 Å². The first-order chi connectivity index (χ1) is 12.6. The first-order valence-electron chi connectivity index (χ1n) is 9.05. The molecular weight excluding hydrogens is 331 g/mol. The number of hydrogen-bond donors (Lipinski definition) is 2. The fourth-order valence-electron chi connectivity index (χ4n) is 3.55. The minimum Gasteiger partial charge on any atom is -0.489 e. The van der Waals surface area contributed by atoms with Crippen LogP contribution in [0.25, 0.3) is 0 Å². The summed E-state index contributed by atoms with van der Waals surface area (Å²) in [6.45, 7) is 2.78. The van der Waals surface area contributed by atoms with Crippen LogP contribution < -0.4 is 15.8 Å². The second-order valence-corrected chi connectivity index (χ2v) is 6.92. The minimum absolute atomic E-state index is 0.00306. The molecule has 5 heteroatoms. The van der Waals surface area contributed by atoms with E-state index in [4.69, 9.17) is 10.5 Å². The topological polar surface area (TPSA) is 64.3 Å². The predicted molar refractivity (Wildman–Crippen MR) is 100 cm³/mol. The third kappa shape index (κ3) is 4.41. The fourth-order valence-corrected chi connectivity index (χ4v) is 3.55. The Morgan fingerprint density at radius 2 is 2.12 bits per heavy atom. The number of carbonyl (C=O) groups is 1. The molecule has 3 N–H and O–H groups in total. The summed E-state index contributed by atoms with van der Waals surface area (Å²) in [6.07, 6.45) is 2.99. The maximum absolute atomic E-state index is 13.2. The predicted octanol–water partition coefficient (Wildman–Crippen LogP) is 4.03. The average Bonchev–Trinajstić information content (AvgIpc) is 3.11. The quantitative estimate of drug-likeness (QED) is 0.821. The summed E-state index contributed by atoms with van der Waals surface area (Å²) in [6, 6.07) is 11.9. The Balaban J connectivity index is 1.61. The zero-order valence-corrected chi connectivity index (χ0v) is 15.0. The van der Waals surface area contributed by atoms with E-state index < -0.39 is 0 Å². The number of amides is 1. The molecule has 3 rings (SSSR count). The highest BCUT2D eigenvalue weighted by Gasteiger charge is 2.32. The molecule has 2 aromatic rings. The van der Waals surface area contributed by atoms with Crippen molar-refractivity contribution in [3.8, 4) is 5.75 Å². The van der Waals surface area contributed by atoms with E-state index in [1.54, 1.807) is 6.07 Å². The fraction of sp³-hybridized carbons (Fsp3) is 0.381. The summed E-state index contributed by atoms with van der Waals surface area (Å²) in [4.78, 5) is 12.5. The molecule has 0 spiro atoms. The Hall–Kier alpha value is -2.40. The van der Waals surface area contributed by atoms with Gasteiger partial charge in [0.25, 0.3) is 0 Å². The molecule has 0 unspecified atom stereocenters. The minimum atomic E-state index is -0.275. The number of nitrogens with one attached hydrogen (secondary N) is 1. The second kappa shape index (κ2) is 8.32. The Morgan fingerprint density at radius 3 is 2.85 bits per heavy atom. The van der Waals surface area contributed by atoms with Gasteiger partial charge in [-0.05, 0) is 73.7 Å². The van der Waals surface area contributed by atoms with Gasteiger partial charge in [0.15, 0.2) is 0 Å². The molecule has 0 heterocycles. The van der Waals surface area contributed by atoms with Crippen molar-refractivity contribution in [2.45, 2.75) is 32.8 Å². The van der Waals surface area contributed by atoms with Crippen LogP contribution in [0.4, 0.5) is 10.1 Å². The Morgan fingerprint density at radius 1 is 1.27 bits per heavy atom. The van der Waals surface area contributed by atoms with Crippen LogP contribution in [0.1, 0.15) is 30.4 Å². The highest BCUT2D eigenvalue weighted by molar-refractivity contribution is 5.93. The van der Waals surface area contributed by atoms with E-state index in [2.05, 4.69) is 5.32 Å². The van der Waals surface area contributed by atoms with Crippen LogP contribution in [-0.4, -0.2) is 12.5 Å². The first kappa shape index (κ1) is 18.4. The number of benzene rings is 2. The Kier molecular flexibility index (Phi) is 5.89. The van der Waals surface area contributed by atoms with Gasteiger partial charge in [-0.3, -0.25) is 4.79 Å². The molecule has 0 aromatic heterocycles. The SMILES string of the molecule is Cc1cc(OCc2cccc(F)c2)ccc1NC(=O)[C@@H]1CCC[C@@H]1CN. The van der Waals surface area contributed by atoms with Crippen LogP contribution in [0.15, 0.2) is 42.5 Å². The van der Waals surface area contributed by atoms with E-state index >= 15 is 0 Å². The molecule has 138 valence electrons. The number of carbonyl (C=O) groups excluding carboxylic acids is 1. The third-order valence-electron chi connectivity index (χ3n) is 5.05. The number of nitrogens with two attached hydrogens (primary N) is 1. The van der Waals surface area contributed by atoms with Gasteiger partial charge in [0, 0.05) is 11.6 Å². The van der Waals surface area contributed by atoms with Crippen LogP contribution in [-0.2, 0) is 11.4 Å². The van der Waals surface area contributed by atoms with Crippen molar-refractivity contribution in [3.05, 3.63) is 59.4 Å². The molecule has 1 fully saturated rings. The zero-order valence-electron chi connectivity index (χ0n) is 15.0. The van der Waals surface area contributed by atoms with Gasteiger partial charge in [-0.25, -0.2) is 4.39 Å². The standard InChI is InChI=1S/C21H25FN2O2/c1-14-10-18(26-13-15-4-2-6-17(22)11-15)8-9-20(14)24-21(25)19-7-3-5-16(19)12-23/h2,4,6,8-11,16,19H,3,5,7,12-13,23H2,1H3,(H,24,25)/t16-,19-/m1/s1. The summed E-state index contributed by atoms with van der Waals surface area (Å²) < 4.78 is 18.9. The monoisotopic (exact) mass is 356 g/mol. The lowest BCUT2D eigenvalue weighted by atomic mass is 9.95. The number of hydrogen-bond acceptors (Lipinski definition) is 3. The Bertz CT molecular complexity index is 778. The van der Waals surface area contributed by atoms with Crippen molar-refractivity contribution >= 4 is 11.6 Å². The number of anilines is 1. The Labute approximate surface area is 153 Å². The largest absolute Gasteiger partial charge is 0.489 e. The summed E-state index contributed by atoms with van der Waals surface area (Å²) in [7, 11) is 0. The van der Waals surface area contributed by atoms with Gasteiger partial charge in [0.05, 0.1) is 0 Å². The molecule has 0 bridgehead atoms. The van der Waals surface area contributed by atoms with E-state index in [1.807, 2.05) is 31.2 Å². The average molecular weight is 356 g/mol. The number of ether oxygens (including phenoxy) is 1. The highest BCUT2D eigenvalue weighted by Crippen LogP contribution is 2.32. The van der Waals surface area contributed by atoms with Crippen molar-refractivity contribution < 1.29 is 13.9 Å². The second-order valence-electron chi connectivity index (χ2n) is 6.92. The van der Waals surface area contributed by atoms with Gasteiger partial charge in [0.2, 0.25) is 5.91 Å². The summed E-state index contributed by atoms with van der Waals surface area (Å²) >= 11 is 0. The zero-order chi connectivity index (χ0) is 18.5. The number of aryl methyl sites for hydroxylation is 1. The maximum Gasteiger partial charge on any atom is 0.227 e. The summed E-state index contributed by atoms with van der Waals surface area (Å²) in [5.41, 5.74) is 8.26. The molecule has 1 amide bonds. The third-order valence-corrected chi connectivity index (χ3v) is 5.05. The van der Waals surface area contributed by atoms with E-state index in [1.165, 1.54) is 12.1 Å². The summed E-state index contributed by atoms with van der Waals surface area (Å²) in [5, 5.41) is 3.03. The molecule has 26 heavy (non-hydrogen) atoms. The molecule has 4 nitrogen and oxygen atoms in total. The van der Waals surface area contributed by atoms with E-state index in [9.17, 15) is 9.18 Å². The van der Waals surface area contributed by atoms with E-state index in [-0.39, 0.29) is 23.6 Å². The van der Waals surface area contributed by atoms with Gasteiger partial charge in [-0.2, -0.15) is 0 Å².